The van der Waals surface area contributed by atoms with Crippen LogP contribution in [0.5, 0.6) is 0 Å². The lowest BCUT2D eigenvalue weighted by molar-refractivity contribution is 0.375. The zero-order chi connectivity index (χ0) is 10.6. The second-order valence-corrected chi connectivity index (χ2v) is 3.72. The fourth-order valence-corrected chi connectivity index (χ4v) is 1.01. The number of nitrogens with two attached hydrogens (primary N) is 3. The van der Waals surface area contributed by atoms with Crippen LogP contribution in [-0.2, 0) is 6.54 Å². The number of rotatable bonds is 4. The van der Waals surface area contributed by atoms with E-state index < -0.39 is 5.66 Å². The summed E-state index contributed by atoms with van der Waals surface area (Å²) in [4.78, 5) is 0. The minimum Gasteiger partial charge on any atom is -0.399 e. The molecule has 4 nitrogen and oxygen atoms in total. The van der Waals surface area contributed by atoms with Crippen molar-refractivity contribution in [1.82, 2.24) is 5.32 Å². The molecule has 7 N–H and O–H groups in total. The summed E-state index contributed by atoms with van der Waals surface area (Å²) in [6.07, 6.45) is 0. The number of hydrogen-bond acceptors (Lipinski definition) is 4. The molecule has 0 spiro atoms. The van der Waals surface area contributed by atoms with Gasteiger partial charge < -0.3 is 17.2 Å². The van der Waals surface area contributed by atoms with Crippen molar-refractivity contribution in [3.05, 3.63) is 29.8 Å². The second-order valence-electron chi connectivity index (χ2n) is 3.72. The first-order valence-corrected chi connectivity index (χ1v) is 4.62. The zero-order valence-electron chi connectivity index (χ0n) is 8.46. The van der Waals surface area contributed by atoms with E-state index >= 15 is 0 Å². The van der Waals surface area contributed by atoms with Crippen molar-refractivity contribution in [2.75, 3.05) is 12.3 Å². The van der Waals surface area contributed by atoms with Crippen molar-refractivity contribution in [3.63, 3.8) is 0 Å². The summed E-state index contributed by atoms with van der Waals surface area (Å²) in [5.74, 6) is 0. The first-order valence-electron chi connectivity index (χ1n) is 4.62. The van der Waals surface area contributed by atoms with Gasteiger partial charge in [0, 0.05) is 18.8 Å². The van der Waals surface area contributed by atoms with Crippen LogP contribution in [0.15, 0.2) is 24.3 Å². The first kappa shape index (κ1) is 11.0. The molecule has 0 aromatic heterocycles. The summed E-state index contributed by atoms with van der Waals surface area (Å²) >= 11 is 0. The normalized spacial score (nSPS) is 15.1. The van der Waals surface area contributed by atoms with E-state index in [0.717, 1.165) is 11.3 Å². The Morgan fingerprint density at radius 3 is 2.36 bits per heavy atom. The van der Waals surface area contributed by atoms with Crippen LogP contribution in [0.3, 0.4) is 0 Å². The third-order valence-corrected chi connectivity index (χ3v) is 2.10. The second kappa shape index (κ2) is 4.41. The molecule has 4 heteroatoms. The van der Waals surface area contributed by atoms with Gasteiger partial charge in [-0.25, -0.2) is 0 Å². The van der Waals surface area contributed by atoms with E-state index in [-0.39, 0.29) is 0 Å². The molecule has 0 aliphatic carbocycles. The molecule has 78 valence electrons. The predicted octanol–water partition coefficient (Wildman–Crippen LogP) is -0.00800. The van der Waals surface area contributed by atoms with Crippen molar-refractivity contribution in [2.24, 2.45) is 11.5 Å². The number of nitrogens with one attached hydrogen (secondary N) is 1. The zero-order valence-corrected chi connectivity index (χ0v) is 8.46. The highest BCUT2D eigenvalue weighted by molar-refractivity contribution is 5.39. The van der Waals surface area contributed by atoms with E-state index in [1.165, 1.54) is 0 Å². The number of nitrogen functional groups attached to an aromatic ring is 1. The fraction of sp³-hybridized carbons (Fsp3) is 0.400. The molecule has 1 aromatic rings. The minimum absolute atomic E-state index is 0.405. The van der Waals surface area contributed by atoms with Crippen LogP contribution in [0.1, 0.15) is 12.5 Å². The summed E-state index contributed by atoms with van der Waals surface area (Å²) in [5, 5.41) is 3.16. The van der Waals surface area contributed by atoms with Crippen molar-refractivity contribution < 1.29 is 0 Å². The van der Waals surface area contributed by atoms with Crippen molar-refractivity contribution in [3.8, 4) is 0 Å². The highest BCUT2D eigenvalue weighted by atomic mass is 15.1. The molecule has 0 heterocycles. The summed E-state index contributed by atoms with van der Waals surface area (Å²) in [6, 6.07) is 7.67. The van der Waals surface area contributed by atoms with Gasteiger partial charge in [0.25, 0.3) is 0 Å². The van der Waals surface area contributed by atoms with Gasteiger partial charge in [-0.3, -0.25) is 5.32 Å². The number of anilines is 1. The van der Waals surface area contributed by atoms with E-state index in [2.05, 4.69) is 5.32 Å². The fourth-order valence-electron chi connectivity index (χ4n) is 1.01. The standard InChI is InChI=1S/C10H18N4/c1-10(13,7-11)14-6-8-2-4-9(12)5-3-8/h2-5,14H,6-7,11-13H2,1H3. The molecule has 0 aliphatic heterocycles. The van der Waals surface area contributed by atoms with E-state index in [4.69, 9.17) is 17.2 Å². The lowest BCUT2D eigenvalue weighted by Gasteiger charge is -2.24. The summed E-state index contributed by atoms with van der Waals surface area (Å²) in [7, 11) is 0. The molecule has 1 aromatic carbocycles. The van der Waals surface area contributed by atoms with Gasteiger partial charge in [-0.1, -0.05) is 12.1 Å². The molecule has 0 fully saturated rings. The van der Waals surface area contributed by atoms with Crippen LogP contribution in [0.25, 0.3) is 0 Å². The van der Waals surface area contributed by atoms with E-state index in [1.54, 1.807) is 0 Å². The maximum atomic E-state index is 5.83. The molecule has 0 bridgehead atoms. The minimum atomic E-state index is -0.513. The molecular weight excluding hydrogens is 176 g/mol. The predicted molar refractivity (Wildman–Crippen MR) is 59.3 cm³/mol. The Balaban J connectivity index is 2.50. The third kappa shape index (κ3) is 3.33. The average molecular weight is 194 g/mol. The van der Waals surface area contributed by atoms with Crippen molar-refractivity contribution in [1.29, 1.82) is 0 Å². The van der Waals surface area contributed by atoms with Gasteiger partial charge >= 0.3 is 0 Å². The third-order valence-electron chi connectivity index (χ3n) is 2.10. The first-order chi connectivity index (χ1) is 6.53. The lowest BCUT2D eigenvalue weighted by Crippen LogP contribution is -2.55. The SMILES string of the molecule is CC(N)(CN)NCc1ccc(N)cc1. The van der Waals surface area contributed by atoms with Crippen LogP contribution >= 0.6 is 0 Å². The molecule has 0 saturated heterocycles. The Morgan fingerprint density at radius 1 is 1.29 bits per heavy atom. The van der Waals surface area contributed by atoms with Crippen molar-refractivity contribution in [2.45, 2.75) is 19.1 Å². The Kier molecular flexibility index (Phi) is 3.46. The highest BCUT2D eigenvalue weighted by Crippen LogP contribution is 2.05. The lowest BCUT2D eigenvalue weighted by atomic mass is 10.1. The molecule has 0 aliphatic rings. The van der Waals surface area contributed by atoms with Gasteiger partial charge in [0.15, 0.2) is 0 Å². The summed E-state index contributed by atoms with van der Waals surface area (Å²) in [5.41, 5.74) is 18.3. The Labute approximate surface area is 84.5 Å². The molecular formula is C10H18N4. The molecule has 0 radical (unpaired) electrons. The van der Waals surface area contributed by atoms with Crippen LogP contribution in [0.2, 0.25) is 0 Å². The molecule has 1 rings (SSSR count). The van der Waals surface area contributed by atoms with E-state index in [1.807, 2.05) is 31.2 Å². The summed E-state index contributed by atoms with van der Waals surface area (Å²) in [6.45, 7) is 2.97. The molecule has 14 heavy (non-hydrogen) atoms. The van der Waals surface area contributed by atoms with Crippen molar-refractivity contribution >= 4 is 5.69 Å². The van der Waals surface area contributed by atoms with Crippen LogP contribution < -0.4 is 22.5 Å². The van der Waals surface area contributed by atoms with Gasteiger partial charge in [0.2, 0.25) is 0 Å². The topological polar surface area (TPSA) is 90.1 Å². The Morgan fingerprint density at radius 2 is 1.86 bits per heavy atom. The molecule has 1 atom stereocenters. The molecule has 0 amide bonds. The van der Waals surface area contributed by atoms with Gasteiger partial charge in [0.05, 0.1) is 5.66 Å². The monoisotopic (exact) mass is 194 g/mol. The van der Waals surface area contributed by atoms with Crippen LogP contribution in [0, 0.1) is 0 Å². The van der Waals surface area contributed by atoms with Crippen LogP contribution in [0.4, 0.5) is 5.69 Å². The maximum Gasteiger partial charge on any atom is 0.0761 e. The average Bonchev–Trinajstić information content (AvgIpc) is 2.17. The maximum absolute atomic E-state index is 5.83. The Bertz CT molecular complexity index is 279. The summed E-state index contributed by atoms with van der Waals surface area (Å²) < 4.78 is 0. The van der Waals surface area contributed by atoms with Gasteiger partial charge in [-0.15, -0.1) is 0 Å². The van der Waals surface area contributed by atoms with E-state index in [9.17, 15) is 0 Å². The quantitative estimate of drug-likeness (QED) is 0.401. The smallest absolute Gasteiger partial charge is 0.0761 e. The Hall–Kier alpha value is -1.10. The molecule has 1 unspecified atom stereocenters. The van der Waals surface area contributed by atoms with Gasteiger partial charge in [-0.05, 0) is 24.6 Å². The number of hydrogen-bond donors (Lipinski definition) is 4. The van der Waals surface area contributed by atoms with E-state index in [0.29, 0.717) is 13.1 Å². The van der Waals surface area contributed by atoms with Gasteiger partial charge in [-0.2, -0.15) is 0 Å². The number of benzene rings is 1. The van der Waals surface area contributed by atoms with Gasteiger partial charge in [0.1, 0.15) is 0 Å². The highest BCUT2D eigenvalue weighted by Gasteiger charge is 2.13. The largest absolute Gasteiger partial charge is 0.399 e. The molecule has 0 saturated carbocycles. The van der Waals surface area contributed by atoms with Crippen LogP contribution in [-0.4, -0.2) is 12.2 Å².